The molecule has 0 fully saturated rings. The highest BCUT2D eigenvalue weighted by Gasteiger charge is 2.09. The number of fused-ring (bicyclic) bond motifs is 1. The molecule has 1 aromatic carbocycles. The molecule has 3 rings (SSSR count). The summed E-state index contributed by atoms with van der Waals surface area (Å²) in [6, 6.07) is 9.97. The van der Waals surface area contributed by atoms with Crippen LogP contribution >= 0.6 is 0 Å². The van der Waals surface area contributed by atoms with Crippen LogP contribution in [-0.2, 0) is 0 Å². The van der Waals surface area contributed by atoms with E-state index in [9.17, 15) is 0 Å². The number of pyridine rings is 1. The minimum atomic E-state index is 0.496. The van der Waals surface area contributed by atoms with E-state index in [1.165, 1.54) is 5.56 Å². The molecule has 2 aromatic heterocycles. The standard InChI is InChI=1S/C15H14N2O.C2H6/c1-10(2)12-3-4-14-13(9-12)17-15(18-14)11-5-7-16-8-6-11;1-2/h3-10H,1-2H3;1-2H3. The zero-order valence-electron chi connectivity index (χ0n) is 12.4. The summed E-state index contributed by atoms with van der Waals surface area (Å²) >= 11 is 0. The molecule has 3 nitrogen and oxygen atoms in total. The lowest BCUT2D eigenvalue weighted by Gasteiger charge is -2.02. The summed E-state index contributed by atoms with van der Waals surface area (Å²) in [4.78, 5) is 8.52. The SMILES string of the molecule is CC.CC(C)c1ccc2oc(-c3ccncc3)nc2c1. The van der Waals surface area contributed by atoms with Crippen LogP contribution in [0.25, 0.3) is 22.6 Å². The van der Waals surface area contributed by atoms with E-state index in [0.29, 0.717) is 11.8 Å². The predicted molar refractivity (Wildman–Crippen MR) is 82.7 cm³/mol. The van der Waals surface area contributed by atoms with Crippen molar-refractivity contribution < 1.29 is 4.42 Å². The predicted octanol–water partition coefficient (Wildman–Crippen LogP) is 5.04. The fraction of sp³-hybridized carbons (Fsp3) is 0.294. The first-order valence-electron chi connectivity index (χ1n) is 7.05. The second kappa shape index (κ2) is 6.33. The van der Waals surface area contributed by atoms with E-state index in [0.717, 1.165) is 16.7 Å². The highest BCUT2D eigenvalue weighted by atomic mass is 16.3. The Balaban J connectivity index is 0.000000704. The lowest BCUT2D eigenvalue weighted by atomic mass is 10.0. The summed E-state index contributed by atoms with van der Waals surface area (Å²) in [5, 5.41) is 0. The highest BCUT2D eigenvalue weighted by Crippen LogP contribution is 2.26. The van der Waals surface area contributed by atoms with E-state index in [4.69, 9.17) is 4.42 Å². The van der Waals surface area contributed by atoms with Crippen molar-refractivity contribution in [2.45, 2.75) is 33.6 Å². The van der Waals surface area contributed by atoms with Crippen molar-refractivity contribution in [1.29, 1.82) is 0 Å². The third kappa shape index (κ3) is 2.87. The average molecular weight is 268 g/mol. The fourth-order valence-electron chi connectivity index (χ4n) is 1.92. The third-order valence-corrected chi connectivity index (χ3v) is 3.01. The van der Waals surface area contributed by atoms with Crippen LogP contribution in [-0.4, -0.2) is 9.97 Å². The molecule has 0 bridgehead atoms. The Kier molecular flexibility index (Phi) is 4.51. The average Bonchev–Trinajstić information content (AvgIpc) is 2.93. The number of benzene rings is 1. The summed E-state index contributed by atoms with van der Waals surface area (Å²) < 4.78 is 5.75. The van der Waals surface area contributed by atoms with Crippen molar-refractivity contribution in [2.24, 2.45) is 0 Å². The molecule has 0 spiro atoms. The molecule has 3 heteroatoms. The number of oxazole rings is 1. The monoisotopic (exact) mass is 268 g/mol. The van der Waals surface area contributed by atoms with E-state index in [-0.39, 0.29) is 0 Å². The van der Waals surface area contributed by atoms with Crippen LogP contribution in [0.15, 0.2) is 47.1 Å². The fourth-order valence-corrected chi connectivity index (χ4v) is 1.92. The molecule has 0 aliphatic heterocycles. The second-order valence-corrected chi connectivity index (χ2v) is 4.64. The van der Waals surface area contributed by atoms with Gasteiger partial charge >= 0.3 is 0 Å². The van der Waals surface area contributed by atoms with Gasteiger partial charge in [-0.05, 0) is 35.7 Å². The maximum atomic E-state index is 5.75. The second-order valence-electron chi connectivity index (χ2n) is 4.64. The van der Waals surface area contributed by atoms with Crippen LogP contribution in [0.2, 0.25) is 0 Å². The van der Waals surface area contributed by atoms with Crippen LogP contribution < -0.4 is 0 Å². The topological polar surface area (TPSA) is 38.9 Å². The Labute approximate surface area is 119 Å². The molecule has 0 saturated carbocycles. The van der Waals surface area contributed by atoms with Crippen molar-refractivity contribution in [2.75, 3.05) is 0 Å². The molecule has 20 heavy (non-hydrogen) atoms. The van der Waals surface area contributed by atoms with E-state index in [1.807, 2.05) is 32.0 Å². The van der Waals surface area contributed by atoms with Gasteiger partial charge in [-0.1, -0.05) is 33.8 Å². The van der Waals surface area contributed by atoms with Crippen molar-refractivity contribution >= 4 is 11.1 Å². The molecule has 104 valence electrons. The van der Waals surface area contributed by atoms with Crippen LogP contribution in [0, 0.1) is 0 Å². The molecule has 0 aliphatic rings. The highest BCUT2D eigenvalue weighted by molar-refractivity contribution is 5.77. The van der Waals surface area contributed by atoms with Crippen LogP contribution in [0.1, 0.15) is 39.2 Å². The Morgan fingerprint density at radius 3 is 2.35 bits per heavy atom. The number of hydrogen-bond donors (Lipinski definition) is 0. The first-order chi connectivity index (χ1) is 9.74. The van der Waals surface area contributed by atoms with Gasteiger partial charge in [0, 0.05) is 18.0 Å². The quantitative estimate of drug-likeness (QED) is 0.653. The zero-order valence-corrected chi connectivity index (χ0v) is 12.4. The summed E-state index contributed by atoms with van der Waals surface area (Å²) in [5.74, 6) is 1.14. The van der Waals surface area contributed by atoms with E-state index < -0.39 is 0 Å². The Hall–Kier alpha value is -2.16. The minimum absolute atomic E-state index is 0.496. The van der Waals surface area contributed by atoms with Crippen molar-refractivity contribution in [3.8, 4) is 11.5 Å². The summed E-state index contributed by atoms with van der Waals surface area (Å²) in [7, 11) is 0. The first-order valence-corrected chi connectivity index (χ1v) is 7.05. The van der Waals surface area contributed by atoms with Crippen molar-refractivity contribution in [3.63, 3.8) is 0 Å². The Morgan fingerprint density at radius 2 is 1.70 bits per heavy atom. The van der Waals surface area contributed by atoms with Gasteiger partial charge in [0.05, 0.1) is 0 Å². The van der Waals surface area contributed by atoms with Crippen molar-refractivity contribution in [1.82, 2.24) is 9.97 Å². The molecule has 0 amide bonds. The van der Waals surface area contributed by atoms with Gasteiger partial charge in [0.15, 0.2) is 5.58 Å². The van der Waals surface area contributed by atoms with Gasteiger partial charge in [0.1, 0.15) is 5.52 Å². The maximum Gasteiger partial charge on any atom is 0.227 e. The summed E-state index contributed by atoms with van der Waals surface area (Å²) in [5.41, 5.74) is 3.96. The third-order valence-electron chi connectivity index (χ3n) is 3.01. The minimum Gasteiger partial charge on any atom is -0.436 e. The number of nitrogens with zero attached hydrogens (tertiary/aromatic N) is 2. The molecule has 0 N–H and O–H groups in total. The maximum absolute atomic E-state index is 5.75. The van der Waals surface area contributed by atoms with Gasteiger partial charge in [0.25, 0.3) is 0 Å². The first kappa shape index (κ1) is 14.3. The normalized spacial score (nSPS) is 10.4. The Bertz CT molecular complexity index is 672. The number of aromatic nitrogens is 2. The van der Waals surface area contributed by atoms with E-state index in [2.05, 4.69) is 35.9 Å². The molecule has 3 aromatic rings. The van der Waals surface area contributed by atoms with E-state index in [1.54, 1.807) is 12.4 Å². The van der Waals surface area contributed by atoms with Gasteiger partial charge in [-0.3, -0.25) is 4.98 Å². The van der Waals surface area contributed by atoms with Crippen molar-refractivity contribution in [3.05, 3.63) is 48.3 Å². The van der Waals surface area contributed by atoms with Crippen LogP contribution in [0.4, 0.5) is 0 Å². The van der Waals surface area contributed by atoms with Gasteiger partial charge in [-0.15, -0.1) is 0 Å². The van der Waals surface area contributed by atoms with Gasteiger partial charge < -0.3 is 4.42 Å². The molecule has 0 radical (unpaired) electrons. The number of hydrogen-bond acceptors (Lipinski definition) is 3. The summed E-state index contributed by atoms with van der Waals surface area (Å²) in [6.07, 6.45) is 3.48. The molecule has 2 heterocycles. The lowest BCUT2D eigenvalue weighted by Crippen LogP contribution is -1.85. The summed E-state index contributed by atoms with van der Waals surface area (Å²) in [6.45, 7) is 8.34. The van der Waals surface area contributed by atoms with E-state index >= 15 is 0 Å². The molecule has 0 saturated heterocycles. The van der Waals surface area contributed by atoms with Gasteiger partial charge in [0.2, 0.25) is 5.89 Å². The Morgan fingerprint density at radius 1 is 1.00 bits per heavy atom. The molecule has 0 aliphatic carbocycles. The number of rotatable bonds is 2. The molecule has 0 atom stereocenters. The van der Waals surface area contributed by atoms with Crippen LogP contribution in [0.5, 0.6) is 0 Å². The van der Waals surface area contributed by atoms with Gasteiger partial charge in [-0.2, -0.15) is 0 Å². The molecular weight excluding hydrogens is 248 g/mol. The van der Waals surface area contributed by atoms with Gasteiger partial charge in [-0.25, -0.2) is 4.98 Å². The zero-order chi connectivity index (χ0) is 14.5. The lowest BCUT2D eigenvalue weighted by molar-refractivity contribution is 0.619. The largest absolute Gasteiger partial charge is 0.436 e. The molecular formula is C17H20N2O. The smallest absolute Gasteiger partial charge is 0.227 e. The van der Waals surface area contributed by atoms with Crippen LogP contribution in [0.3, 0.4) is 0 Å². The molecule has 0 unspecified atom stereocenters.